The molecular weight excluding hydrogens is 224 g/mol. The van der Waals surface area contributed by atoms with E-state index in [0.717, 1.165) is 29.6 Å². The summed E-state index contributed by atoms with van der Waals surface area (Å²) in [4.78, 5) is 16.8. The van der Waals surface area contributed by atoms with Gasteiger partial charge in [-0.15, -0.1) is 0 Å². The van der Waals surface area contributed by atoms with E-state index in [2.05, 4.69) is 17.2 Å². The average molecular weight is 240 g/mol. The Morgan fingerprint density at radius 3 is 2.94 bits per heavy atom. The first-order valence-electron chi connectivity index (χ1n) is 6.35. The summed E-state index contributed by atoms with van der Waals surface area (Å²) in [5.74, 6) is 0.711. The maximum atomic E-state index is 12.4. The van der Waals surface area contributed by atoms with Crippen LogP contribution in [0.2, 0.25) is 0 Å². The molecule has 0 amide bonds. The Balaban J connectivity index is 1.96. The van der Waals surface area contributed by atoms with Gasteiger partial charge in [0, 0.05) is 29.6 Å². The van der Waals surface area contributed by atoms with Crippen molar-refractivity contribution in [3.8, 4) is 0 Å². The predicted octanol–water partition coefficient (Wildman–Crippen LogP) is 2.27. The van der Waals surface area contributed by atoms with Gasteiger partial charge in [0.1, 0.15) is 0 Å². The summed E-state index contributed by atoms with van der Waals surface area (Å²) in [6.45, 7) is 3.83. The fourth-order valence-corrected chi connectivity index (χ4v) is 2.58. The molecule has 3 rings (SSSR count). The zero-order valence-corrected chi connectivity index (χ0v) is 10.4. The van der Waals surface area contributed by atoms with Gasteiger partial charge in [0.25, 0.3) is 0 Å². The first kappa shape index (κ1) is 11.4. The number of hydrogen-bond donors (Lipinski definition) is 1. The molecule has 3 heteroatoms. The molecular formula is C15H16N2O. The summed E-state index contributed by atoms with van der Waals surface area (Å²) < 4.78 is 0. The molecule has 0 bridgehead atoms. The van der Waals surface area contributed by atoms with Crippen molar-refractivity contribution < 1.29 is 4.79 Å². The van der Waals surface area contributed by atoms with Gasteiger partial charge in [-0.3, -0.25) is 9.78 Å². The second-order valence-electron chi connectivity index (χ2n) is 5.02. The van der Waals surface area contributed by atoms with Gasteiger partial charge in [0.15, 0.2) is 5.78 Å². The quantitative estimate of drug-likeness (QED) is 0.819. The van der Waals surface area contributed by atoms with Crippen LogP contribution < -0.4 is 5.32 Å². The summed E-state index contributed by atoms with van der Waals surface area (Å²) in [5, 5.41) is 4.30. The third kappa shape index (κ3) is 1.91. The number of fused-ring (bicyclic) bond motifs is 1. The number of ketones is 1. The van der Waals surface area contributed by atoms with E-state index in [1.165, 1.54) is 0 Å². The van der Waals surface area contributed by atoms with Crippen molar-refractivity contribution in [2.75, 3.05) is 13.1 Å². The Bertz CT molecular complexity index is 594. The van der Waals surface area contributed by atoms with Crippen molar-refractivity contribution in [1.82, 2.24) is 10.3 Å². The lowest BCUT2D eigenvalue weighted by atomic mass is 9.90. The maximum Gasteiger partial charge on any atom is 0.169 e. The summed E-state index contributed by atoms with van der Waals surface area (Å²) in [7, 11) is 0. The molecule has 0 saturated carbocycles. The van der Waals surface area contributed by atoms with Gasteiger partial charge >= 0.3 is 0 Å². The molecule has 0 aliphatic carbocycles. The first-order valence-corrected chi connectivity index (χ1v) is 6.35. The van der Waals surface area contributed by atoms with Crippen molar-refractivity contribution in [3.05, 3.63) is 42.1 Å². The number of carbonyl (C=O) groups is 1. The fraction of sp³-hybridized carbons (Fsp3) is 0.333. The number of aromatic nitrogens is 1. The summed E-state index contributed by atoms with van der Waals surface area (Å²) in [6, 6.07) is 9.84. The van der Waals surface area contributed by atoms with Crippen LogP contribution in [-0.2, 0) is 0 Å². The second kappa shape index (κ2) is 4.50. The molecule has 2 unspecified atom stereocenters. The van der Waals surface area contributed by atoms with Crippen LogP contribution in [0.3, 0.4) is 0 Å². The number of carbonyl (C=O) groups excluding carboxylic acids is 1. The van der Waals surface area contributed by atoms with Crippen molar-refractivity contribution in [2.24, 2.45) is 11.8 Å². The number of rotatable bonds is 2. The van der Waals surface area contributed by atoms with Crippen molar-refractivity contribution in [2.45, 2.75) is 6.92 Å². The van der Waals surface area contributed by atoms with Crippen LogP contribution in [0.5, 0.6) is 0 Å². The van der Waals surface area contributed by atoms with Crippen molar-refractivity contribution >= 4 is 16.7 Å². The minimum Gasteiger partial charge on any atom is -0.316 e. The van der Waals surface area contributed by atoms with E-state index in [1.807, 2.05) is 30.3 Å². The normalized spacial score (nSPS) is 23.4. The topological polar surface area (TPSA) is 42.0 Å². The maximum absolute atomic E-state index is 12.4. The Morgan fingerprint density at radius 1 is 1.33 bits per heavy atom. The average Bonchev–Trinajstić information content (AvgIpc) is 2.83. The van der Waals surface area contributed by atoms with Gasteiger partial charge < -0.3 is 5.32 Å². The van der Waals surface area contributed by atoms with Gasteiger partial charge in [-0.1, -0.05) is 25.1 Å². The number of hydrogen-bond acceptors (Lipinski definition) is 3. The number of para-hydroxylation sites is 1. The molecule has 1 aliphatic heterocycles. The SMILES string of the molecule is CC1CNCC1C(=O)c1cnc2ccccc2c1. The predicted molar refractivity (Wildman–Crippen MR) is 71.6 cm³/mol. The highest BCUT2D eigenvalue weighted by molar-refractivity contribution is 6.00. The lowest BCUT2D eigenvalue weighted by Crippen LogP contribution is -2.21. The molecule has 2 aromatic rings. The molecule has 1 aromatic carbocycles. The van der Waals surface area contributed by atoms with Crippen LogP contribution in [-0.4, -0.2) is 23.9 Å². The van der Waals surface area contributed by atoms with Crippen molar-refractivity contribution in [3.63, 3.8) is 0 Å². The molecule has 1 fully saturated rings. The van der Waals surface area contributed by atoms with Gasteiger partial charge in [-0.2, -0.15) is 0 Å². The zero-order chi connectivity index (χ0) is 12.5. The minimum atomic E-state index is 0.0907. The summed E-state index contributed by atoms with van der Waals surface area (Å²) in [5.41, 5.74) is 1.67. The number of pyridine rings is 1. The third-order valence-electron chi connectivity index (χ3n) is 3.73. The van der Waals surface area contributed by atoms with E-state index in [4.69, 9.17) is 0 Å². The molecule has 3 nitrogen and oxygen atoms in total. The lowest BCUT2D eigenvalue weighted by molar-refractivity contribution is 0.0907. The minimum absolute atomic E-state index is 0.0907. The lowest BCUT2D eigenvalue weighted by Gasteiger charge is -2.12. The first-order chi connectivity index (χ1) is 8.75. The molecule has 2 atom stereocenters. The molecule has 1 aliphatic rings. The third-order valence-corrected chi connectivity index (χ3v) is 3.73. The monoisotopic (exact) mass is 240 g/mol. The number of Topliss-reactive ketones (excluding diaryl/α,β-unsaturated/α-hetero) is 1. The highest BCUT2D eigenvalue weighted by Gasteiger charge is 2.30. The van der Waals surface area contributed by atoms with E-state index in [9.17, 15) is 4.79 Å². The van der Waals surface area contributed by atoms with Crippen LogP contribution in [0.4, 0.5) is 0 Å². The van der Waals surface area contributed by atoms with E-state index < -0.39 is 0 Å². The van der Waals surface area contributed by atoms with Crippen LogP contribution >= 0.6 is 0 Å². The van der Waals surface area contributed by atoms with Crippen molar-refractivity contribution in [1.29, 1.82) is 0 Å². The number of nitrogens with zero attached hydrogens (tertiary/aromatic N) is 1. The molecule has 18 heavy (non-hydrogen) atoms. The molecule has 92 valence electrons. The highest BCUT2D eigenvalue weighted by Crippen LogP contribution is 2.22. The standard InChI is InChI=1S/C15H16N2O/c1-10-7-16-9-13(10)15(18)12-6-11-4-2-3-5-14(11)17-8-12/h2-6,8,10,13,16H,7,9H2,1H3. The number of benzene rings is 1. The Hall–Kier alpha value is -1.74. The molecule has 1 saturated heterocycles. The van der Waals surface area contributed by atoms with E-state index in [1.54, 1.807) is 6.20 Å². The molecule has 1 aromatic heterocycles. The molecule has 2 heterocycles. The van der Waals surface area contributed by atoms with Gasteiger partial charge in [-0.25, -0.2) is 0 Å². The summed E-state index contributed by atoms with van der Waals surface area (Å²) in [6.07, 6.45) is 1.70. The molecule has 0 radical (unpaired) electrons. The second-order valence-corrected chi connectivity index (χ2v) is 5.02. The Kier molecular flexibility index (Phi) is 2.84. The van der Waals surface area contributed by atoms with E-state index in [-0.39, 0.29) is 11.7 Å². The highest BCUT2D eigenvalue weighted by atomic mass is 16.1. The van der Waals surface area contributed by atoms with Crippen LogP contribution in [0.25, 0.3) is 10.9 Å². The summed E-state index contributed by atoms with van der Waals surface area (Å²) >= 11 is 0. The number of nitrogens with one attached hydrogen (secondary N) is 1. The van der Waals surface area contributed by atoms with Crippen LogP contribution in [0.15, 0.2) is 36.5 Å². The largest absolute Gasteiger partial charge is 0.316 e. The fourth-order valence-electron chi connectivity index (χ4n) is 2.58. The smallest absolute Gasteiger partial charge is 0.169 e. The van der Waals surface area contributed by atoms with E-state index >= 15 is 0 Å². The van der Waals surface area contributed by atoms with Crippen LogP contribution in [0, 0.1) is 11.8 Å². The van der Waals surface area contributed by atoms with Gasteiger partial charge in [0.05, 0.1) is 5.52 Å². The van der Waals surface area contributed by atoms with Gasteiger partial charge in [-0.05, 0) is 24.6 Å². The van der Waals surface area contributed by atoms with Gasteiger partial charge in [0.2, 0.25) is 0 Å². The van der Waals surface area contributed by atoms with Crippen LogP contribution in [0.1, 0.15) is 17.3 Å². The molecule has 1 N–H and O–H groups in total. The van der Waals surface area contributed by atoms with E-state index in [0.29, 0.717) is 5.92 Å². The molecule has 0 spiro atoms. The zero-order valence-electron chi connectivity index (χ0n) is 10.4. The Morgan fingerprint density at radius 2 is 2.17 bits per heavy atom. The Labute approximate surface area is 106 Å².